The lowest BCUT2D eigenvalue weighted by atomic mass is 9.89. The van der Waals surface area contributed by atoms with Crippen LogP contribution in [0.3, 0.4) is 0 Å². The van der Waals surface area contributed by atoms with E-state index < -0.39 is 5.91 Å². The van der Waals surface area contributed by atoms with Crippen LogP contribution in [0, 0.1) is 0 Å². The molecule has 0 spiro atoms. The van der Waals surface area contributed by atoms with Gasteiger partial charge in [0.25, 0.3) is 0 Å². The monoisotopic (exact) mass is 438 g/mol. The standard InChI is InChI=1S/C24H34N6O2/c1-5-30(6-2)21(31)16-29-13-7-8-19(15-29)22-20(14-26-24(27-22)28(3)4)17-9-11-18(12-10-17)23(25)32/h9-12,14,19H,5-8,13,15-16H2,1-4H3,(H2,25,32)/t19-/m0/s1. The summed E-state index contributed by atoms with van der Waals surface area (Å²) in [7, 11) is 3.85. The number of aromatic nitrogens is 2. The van der Waals surface area contributed by atoms with E-state index in [1.165, 1.54) is 0 Å². The molecule has 1 saturated heterocycles. The Morgan fingerprint density at radius 3 is 2.44 bits per heavy atom. The molecule has 0 aliphatic carbocycles. The zero-order valence-corrected chi connectivity index (χ0v) is 19.5. The Balaban J connectivity index is 1.90. The summed E-state index contributed by atoms with van der Waals surface area (Å²) in [6.45, 7) is 7.62. The first-order chi connectivity index (χ1) is 15.3. The van der Waals surface area contributed by atoms with Gasteiger partial charge in [0.2, 0.25) is 17.8 Å². The Bertz CT molecular complexity index is 940. The summed E-state index contributed by atoms with van der Waals surface area (Å²) in [5.41, 5.74) is 8.75. The molecule has 8 nitrogen and oxygen atoms in total. The minimum absolute atomic E-state index is 0.176. The van der Waals surface area contributed by atoms with Gasteiger partial charge >= 0.3 is 0 Å². The summed E-state index contributed by atoms with van der Waals surface area (Å²) in [6.07, 6.45) is 3.88. The van der Waals surface area contributed by atoms with E-state index in [0.29, 0.717) is 18.1 Å². The molecule has 2 aromatic rings. The van der Waals surface area contributed by atoms with E-state index >= 15 is 0 Å². The van der Waals surface area contributed by atoms with Gasteiger partial charge in [-0.05, 0) is 50.9 Å². The SMILES string of the molecule is CCN(CC)C(=O)CN1CCC[C@H](c2nc(N(C)C)ncc2-c2ccc(C(N)=O)cc2)C1. The van der Waals surface area contributed by atoms with Gasteiger partial charge in [-0.3, -0.25) is 14.5 Å². The Morgan fingerprint density at radius 2 is 1.84 bits per heavy atom. The largest absolute Gasteiger partial charge is 0.366 e. The predicted octanol–water partition coefficient (Wildman–Crippen LogP) is 2.36. The number of hydrogen-bond acceptors (Lipinski definition) is 6. The van der Waals surface area contributed by atoms with Crippen LogP contribution in [0.2, 0.25) is 0 Å². The van der Waals surface area contributed by atoms with Crippen molar-refractivity contribution in [2.24, 2.45) is 5.73 Å². The van der Waals surface area contributed by atoms with E-state index in [2.05, 4.69) is 9.88 Å². The quantitative estimate of drug-likeness (QED) is 0.680. The predicted molar refractivity (Wildman–Crippen MR) is 127 cm³/mol. The van der Waals surface area contributed by atoms with E-state index in [1.54, 1.807) is 12.1 Å². The summed E-state index contributed by atoms with van der Waals surface area (Å²) in [5.74, 6) is 0.584. The van der Waals surface area contributed by atoms with Crippen molar-refractivity contribution in [1.82, 2.24) is 19.8 Å². The van der Waals surface area contributed by atoms with Crippen LogP contribution in [0.1, 0.15) is 48.7 Å². The van der Waals surface area contributed by atoms with Gasteiger partial charge in [0.1, 0.15) is 0 Å². The summed E-state index contributed by atoms with van der Waals surface area (Å²) >= 11 is 0. The maximum Gasteiger partial charge on any atom is 0.248 e. The second-order valence-corrected chi connectivity index (χ2v) is 8.45. The molecule has 1 aromatic heterocycles. The number of carbonyl (C=O) groups is 2. The topological polar surface area (TPSA) is 95.7 Å². The fourth-order valence-corrected chi connectivity index (χ4v) is 4.24. The molecule has 0 bridgehead atoms. The summed E-state index contributed by atoms with van der Waals surface area (Å²) < 4.78 is 0. The van der Waals surface area contributed by atoms with Crippen molar-refractivity contribution in [2.45, 2.75) is 32.6 Å². The van der Waals surface area contributed by atoms with Crippen LogP contribution in [0.15, 0.2) is 30.5 Å². The highest BCUT2D eigenvalue weighted by molar-refractivity contribution is 5.93. The molecule has 1 aliphatic rings. The molecule has 172 valence electrons. The molecule has 1 aromatic carbocycles. The average molecular weight is 439 g/mol. The van der Waals surface area contributed by atoms with Crippen molar-refractivity contribution < 1.29 is 9.59 Å². The molecule has 0 unspecified atom stereocenters. The highest BCUT2D eigenvalue weighted by atomic mass is 16.2. The summed E-state index contributed by atoms with van der Waals surface area (Å²) in [6, 6.07) is 7.25. The van der Waals surface area contributed by atoms with Crippen LogP contribution in [0.4, 0.5) is 5.95 Å². The van der Waals surface area contributed by atoms with Crippen LogP contribution >= 0.6 is 0 Å². The Hall–Kier alpha value is -3.00. The van der Waals surface area contributed by atoms with Gasteiger partial charge in [-0.1, -0.05) is 12.1 Å². The molecule has 1 fully saturated rings. The van der Waals surface area contributed by atoms with Gasteiger partial charge in [-0.25, -0.2) is 9.97 Å². The van der Waals surface area contributed by atoms with E-state index in [-0.39, 0.29) is 11.8 Å². The fourth-order valence-electron chi connectivity index (χ4n) is 4.24. The minimum Gasteiger partial charge on any atom is -0.366 e. The van der Waals surface area contributed by atoms with Gasteiger partial charge in [0.05, 0.1) is 12.2 Å². The molecule has 3 rings (SSSR count). The maximum atomic E-state index is 12.6. The van der Waals surface area contributed by atoms with E-state index in [9.17, 15) is 9.59 Å². The van der Waals surface area contributed by atoms with Crippen molar-refractivity contribution >= 4 is 17.8 Å². The Kier molecular flexibility index (Phi) is 7.80. The van der Waals surface area contributed by atoms with Crippen molar-refractivity contribution in [1.29, 1.82) is 0 Å². The first kappa shape index (κ1) is 23.7. The van der Waals surface area contributed by atoms with Crippen molar-refractivity contribution in [3.8, 4) is 11.1 Å². The molecule has 1 aliphatic heterocycles. The lowest BCUT2D eigenvalue weighted by Crippen LogP contribution is -2.44. The minimum atomic E-state index is -0.447. The highest BCUT2D eigenvalue weighted by Crippen LogP contribution is 2.34. The van der Waals surface area contributed by atoms with Gasteiger partial charge in [-0.2, -0.15) is 0 Å². The Morgan fingerprint density at radius 1 is 1.16 bits per heavy atom. The van der Waals surface area contributed by atoms with Crippen LogP contribution in [0.5, 0.6) is 0 Å². The van der Waals surface area contributed by atoms with Crippen molar-refractivity contribution in [3.63, 3.8) is 0 Å². The molecule has 32 heavy (non-hydrogen) atoms. The third-order valence-electron chi connectivity index (χ3n) is 6.05. The zero-order valence-electron chi connectivity index (χ0n) is 19.5. The molecule has 0 saturated carbocycles. The molecule has 2 heterocycles. The summed E-state index contributed by atoms with van der Waals surface area (Å²) in [5, 5.41) is 0. The number of rotatable bonds is 8. The number of benzene rings is 1. The van der Waals surface area contributed by atoms with Crippen molar-refractivity contribution in [2.75, 3.05) is 51.7 Å². The van der Waals surface area contributed by atoms with Crippen LogP contribution in [-0.4, -0.2) is 78.4 Å². The second kappa shape index (κ2) is 10.5. The fraction of sp³-hybridized carbons (Fsp3) is 0.500. The molecular formula is C24H34N6O2. The number of hydrogen-bond donors (Lipinski definition) is 1. The lowest BCUT2D eigenvalue weighted by Gasteiger charge is -2.34. The molecular weight excluding hydrogens is 404 g/mol. The number of likely N-dealkylation sites (N-methyl/N-ethyl adjacent to an activating group) is 1. The number of likely N-dealkylation sites (tertiary alicyclic amines) is 1. The number of piperidine rings is 1. The smallest absolute Gasteiger partial charge is 0.248 e. The number of nitrogens with zero attached hydrogens (tertiary/aromatic N) is 5. The summed E-state index contributed by atoms with van der Waals surface area (Å²) in [4.78, 5) is 39.6. The average Bonchev–Trinajstić information content (AvgIpc) is 2.79. The van der Waals surface area contributed by atoms with Gasteiger partial charge in [0.15, 0.2) is 0 Å². The normalized spacial score (nSPS) is 16.6. The van der Waals surface area contributed by atoms with Crippen LogP contribution in [-0.2, 0) is 4.79 Å². The van der Waals surface area contributed by atoms with Crippen LogP contribution < -0.4 is 10.6 Å². The van der Waals surface area contributed by atoms with E-state index in [4.69, 9.17) is 10.7 Å². The Labute approximate surface area is 190 Å². The second-order valence-electron chi connectivity index (χ2n) is 8.45. The number of anilines is 1. The van der Waals surface area contributed by atoms with Crippen LogP contribution in [0.25, 0.3) is 11.1 Å². The third kappa shape index (κ3) is 5.43. The molecule has 2 N–H and O–H groups in total. The molecule has 2 amide bonds. The zero-order chi connectivity index (χ0) is 23.3. The number of carbonyl (C=O) groups excluding carboxylic acids is 2. The van der Waals surface area contributed by atoms with Crippen molar-refractivity contribution in [3.05, 3.63) is 41.7 Å². The lowest BCUT2D eigenvalue weighted by molar-refractivity contribution is -0.132. The van der Waals surface area contributed by atoms with Gasteiger partial charge in [0, 0.05) is 57.0 Å². The number of nitrogens with two attached hydrogens (primary N) is 1. The third-order valence-corrected chi connectivity index (χ3v) is 6.05. The van der Waals surface area contributed by atoms with E-state index in [1.807, 2.05) is 56.1 Å². The first-order valence-electron chi connectivity index (χ1n) is 11.3. The van der Waals surface area contributed by atoms with Gasteiger partial charge < -0.3 is 15.5 Å². The number of primary amides is 1. The first-order valence-corrected chi connectivity index (χ1v) is 11.3. The highest BCUT2D eigenvalue weighted by Gasteiger charge is 2.27. The molecule has 0 radical (unpaired) electrons. The molecule has 8 heteroatoms. The van der Waals surface area contributed by atoms with Gasteiger partial charge in [-0.15, -0.1) is 0 Å². The number of amides is 2. The van der Waals surface area contributed by atoms with E-state index in [0.717, 1.165) is 55.8 Å². The maximum absolute atomic E-state index is 12.6. The molecule has 1 atom stereocenters.